The maximum absolute atomic E-state index is 12.4. The van der Waals surface area contributed by atoms with Gasteiger partial charge < -0.3 is 15.0 Å². The van der Waals surface area contributed by atoms with Crippen molar-refractivity contribution in [3.63, 3.8) is 0 Å². The van der Waals surface area contributed by atoms with Crippen molar-refractivity contribution in [3.8, 4) is 0 Å². The number of nitrogens with zero attached hydrogens (tertiary/aromatic N) is 2. The minimum atomic E-state index is -0.0235. The van der Waals surface area contributed by atoms with Gasteiger partial charge in [0.1, 0.15) is 0 Å². The first kappa shape index (κ1) is 13.3. The van der Waals surface area contributed by atoms with Gasteiger partial charge in [-0.3, -0.25) is 9.69 Å². The van der Waals surface area contributed by atoms with Gasteiger partial charge in [-0.1, -0.05) is 0 Å². The molecule has 0 aromatic heterocycles. The van der Waals surface area contributed by atoms with E-state index in [0.29, 0.717) is 5.41 Å². The summed E-state index contributed by atoms with van der Waals surface area (Å²) in [7, 11) is 0. The lowest BCUT2D eigenvalue weighted by Crippen LogP contribution is -2.46. The van der Waals surface area contributed by atoms with Crippen LogP contribution in [0.5, 0.6) is 0 Å². The second kappa shape index (κ2) is 5.38. The predicted octanol–water partition coefficient (Wildman–Crippen LogP) is -0.0809. The minimum Gasteiger partial charge on any atom is -0.379 e. The molecule has 1 unspecified atom stereocenters. The molecule has 5 nitrogen and oxygen atoms in total. The number of carbonyl (C=O) groups is 1. The molecule has 1 spiro atoms. The minimum absolute atomic E-state index is 0.0235. The number of ether oxygens (including phenoxy) is 1. The molecule has 0 radical (unpaired) electrons. The van der Waals surface area contributed by atoms with E-state index in [1.807, 2.05) is 6.92 Å². The molecule has 5 heteroatoms. The number of amides is 1. The number of hydrogen-bond donors (Lipinski definition) is 1. The summed E-state index contributed by atoms with van der Waals surface area (Å²) in [6.07, 6.45) is 2.54. The van der Waals surface area contributed by atoms with Crippen LogP contribution in [0.1, 0.15) is 19.8 Å². The number of morpholine rings is 1. The van der Waals surface area contributed by atoms with Crippen LogP contribution in [-0.4, -0.2) is 74.2 Å². The van der Waals surface area contributed by atoms with Crippen LogP contribution in [-0.2, 0) is 9.53 Å². The van der Waals surface area contributed by atoms with Gasteiger partial charge in [0.05, 0.1) is 19.3 Å². The van der Waals surface area contributed by atoms with Crippen molar-refractivity contribution in [1.82, 2.24) is 15.1 Å². The molecule has 3 rings (SSSR count). The highest BCUT2D eigenvalue weighted by molar-refractivity contribution is 5.82. The molecule has 3 fully saturated rings. The lowest BCUT2D eigenvalue weighted by molar-refractivity contribution is -0.133. The van der Waals surface area contributed by atoms with E-state index in [1.54, 1.807) is 0 Å². The van der Waals surface area contributed by atoms with Crippen molar-refractivity contribution in [2.75, 3.05) is 52.5 Å². The zero-order valence-corrected chi connectivity index (χ0v) is 11.9. The third-order valence-electron chi connectivity index (χ3n) is 4.74. The first-order valence-electron chi connectivity index (χ1n) is 7.51. The van der Waals surface area contributed by atoms with Crippen LogP contribution in [0, 0.1) is 5.41 Å². The van der Waals surface area contributed by atoms with Gasteiger partial charge in [0.25, 0.3) is 0 Å². The Morgan fingerprint density at radius 1 is 1.32 bits per heavy atom. The fourth-order valence-electron chi connectivity index (χ4n) is 3.06. The zero-order valence-electron chi connectivity index (χ0n) is 11.9. The monoisotopic (exact) mass is 267 g/mol. The molecule has 1 N–H and O–H groups in total. The highest BCUT2D eigenvalue weighted by Gasteiger charge is 2.47. The Morgan fingerprint density at radius 3 is 2.74 bits per heavy atom. The van der Waals surface area contributed by atoms with E-state index in [2.05, 4.69) is 15.1 Å². The molecule has 19 heavy (non-hydrogen) atoms. The van der Waals surface area contributed by atoms with Crippen LogP contribution in [0.2, 0.25) is 0 Å². The maximum atomic E-state index is 12.4. The average molecular weight is 267 g/mol. The molecule has 3 aliphatic rings. The standard InChI is InChI=1S/C14H25N3O2/c1-12-13(18)17(11-14(2-3-14)10-15-12)5-4-16-6-8-19-9-7-16/h12,15H,2-11H2,1H3. The van der Waals surface area contributed by atoms with E-state index < -0.39 is 0 Å². The number of rotatable bonds is 3. The van der Waals surface area contributed by atoms with E-state index in [0.717, 1.165) is 52.5 Å². The van der Waals surface area contributed by atoms with Gasteiger partial charge in [-0.05, 0) is 19.8 Å². The molecule has 108 valence electrons. The normalized spacial score (nSPS) is 31.5. The number of carbonyl (C=O) groups excluding carboxylic acids is 1. The fourth-order valence-corrected chi connectivity index (χ4v) is 3.06. The van der Waals surface area contributed by atoms with Gasteiger partial charge in [0.15, 0.2) is 0 Å². The molecule has 2 saturated heterocycles. The predicted molar refractivity (Wildman–Crippen MR) is 73.0 cm³/mol. The summed E-state index contributed by atoms with van der Waals surface area (Å²) in [6.45, 7) is 9.46. The smallest absolute Gasteiger partial charge is 0.239 e. The van der Waals surface area contributed by atoms with Gasteiger partial charge in [-0.2, -0.15) is 0 Å². The largest absolute Gasteiger partial charge is 0.379 e. The molecule has 1 aliphatic carbocycles. The molecule has 0 aromatic carbocycles. The lowest BCUT2D eigenvalue weighted by Gasteiger charge is -2.31. The Hall–Kier alpha value is -0.650. The SMILES string of the molecule is CC1NCC2(CC2)CN(CCN2CCOCC2)C1=O. The summed E-state index contributed by atoms with van der Waals surface area (Å²) >= 11 is 0. The molecule has 2 heterocycles. The summed E-state index contributed by atoms with van der Waals surface area (Å²) in [5.41, 5.74) is 0.394. The van der Waals surface area contributed by atoms with Crippen molar-refractivity contribution < 1.29 is 9.53 Å². The highest BCUT2D eigenvalue weighted by atomic mass is 16.5. The van der Waals surface area contributed by atoms with Gasteiger partial charge >= 0.3 is 0 Å². The number of hydrogen-bond acceptors (Lipinski definition) is 4. The first-order valence-corrected chi connectivity index (χ1v) is 7.51. The summed E-state index contributed by atoms with van der Waals surface area (Å²) in [5, 5.41) is 3.39. The molecular formula is C14H25N3O2. The molecule has 0 aromatic rings. The summed E-state index contributed by atoms with van der Waals surface area (Å²) in [4.78, 5) is 16.8. The Kier molecular flexibility index (Phi) is 3.78. The van der Waals surface area contributed by atoms with E-state index in [-0.39, 0.29) is 11.9 Å². The van der Waals surface area contributed by atoms with E-state index >= 15 is 0 Å². The molecular weight excluding hydrogens is 242 g/mol. The van der Waals surface area contributed by atoms with Gasteiger partial charge in [0.2, 0.25) is 5.91 Å². The molecule has 1 saturated carbocycles. The van der Waals surface area contributed by atoms with Crippen molar-refractivity contribution in [2.24, 2.45) is 5.41 Å². The van der Waals surface area contributed by atoms with Crippen molar-refractivity contribution >= 4 is 5.91 Å². The Balaban J connectivity index is 1.56. The topological polar surface area (TPSA) is 44.8 Å². The summed E-state index contributed by atoms with van der Waals surface area (Å²) in [6, 6.07) is -0.0235. The third kappa shape index (κ3) is 3.09. The van der Waals surface area contributed by atoms with Crippen LogP contribution in [0.4, 0.5) is 0 Å². The second-order valence-electron chi connectivity index (χ2n) is 6.32. The van der Waals surface area contributed by atoms with Crippen LogP contribution in [0.3, 0.4) is 0 Å². The van der Waals surface area contributed by atoms with Crippen molar-refractivity contribution in [2.45, 2.75) is 25.8 Å². The van der Waals surface area contributed by atoms with Gasteiger partial charge in [0, 0.05) is 44.7 Å². The summed E-state index contributed by atoms with van der Waals surface area (Å²) in [5.74, 6) is 0.275. The van der Waals surface area contributed by atoms with Crippen molar-refractivity contribution in [3.05, 3.63) is 0 Å². The van der Waals surface area contributed by atoms with Crippen molar-refractivity contribution in [1.29, 1.82) is 0 Å². The Morgan fingerprint density at radius 2 is 2.05 bits per heavy atom. The lowest BCUT2D eigenvalue weighted by atomic mass is 10.1. The average Bonchev–Trinajstić information content (AvgIpc) is 3.22. The Labute approximate surface area is 115 Å². The van der Waals surface area contributed by atoms with Crippen LogP contribution in [0.15, 0.2) is 0 Å². The third-order valence-corrected chi connectivity index (χ3v) is 4.74. The van der Waals surface area contributed by atoms with E-state index in [1.165, 1.54) is 12.8 Å². The van der Waals surface area contributed by atoms with E-state index in [4.69, 9.17) is 4.74 Å². The molecule has 1 atom stereocenters. The van der Waals surface area contributed by atoms with Gasteiger partial charge in [-0.15, -0.1) is 0 Å². The first-order chi connectivity index (χ1) is 9.19. The molecule has 0 bridgehead atoms. The molecule has 2 aliphatic heterocycles. The second-order valence-corrected chi connectivity index (χ2v) is 6.32. The zero-order chi connectivity index (χ0) is 13.3. The Bertz CT molecular complexity index is 338. The van der Waals surface area contributed by atoms with Gasteiger partial charge in [-0.25, -0.2) is 0 Å². The highest BCUT2D eigenvalue weighted by Crippen LogP contribution is 2.46. The van der Waals surface area contributed by atoms with Crippen LogP contribution >= 0.6 is 0 Å². The van der Waals surface area contributed by atoms with Crippen LogP contribution < -0.4 is 5.32 Å². The summed E-state index contributed by atoms with van der Waals surface area (Å²) < 4.78 is 5.36. The molecule has 1 amide bonds. The quantitative estimate of drug-likeness (QED) is 0.777. The van der Waals surface area contributed by atoms with Crippen LogP contribution in [0.25, 0.3) is 0 Å². The maximum Gasteiger partial charge on any atom is 0.239 e. The van der Waals surface area contributed by atoms with E-state index in [9.17, 15) is 4.79 Å². The number of nitrogens with one attached hydrogen (secondary N) is 1. The fraction of sp³-hybridized carbons (Fsp3) is 0.929.